The second kappa shape index (κ2) is 3.57. The zero-order valence-corrected chi connectivity index (χ0v) is 9.14. The number of hydrogen-bond donors (Lipinski definition) is 0. The first-order valence-corrected chi connectivity index (χ1v) is 6.13. The summed E-state index contributed by atoms with van der Waals surface area (Å²) in [6.45, 7) is 3.36. The number of sulfone groups is 1. The van der Waals surface area contributed by atoms with Crippen molar-refractivity contribution in [2.45, 2.75) is 13.8 Å². The van der Waals surface area contributed by atoms with E-state index in [1.54, 1.807) is 13.8 Å². The lowest BCUT2D eigenvalue weighted by Crippen LogP contribution is -2.15. The third kappa shape index (κ3) is 2.45. The number of aryl methyl sites for hydroxylation is 2. The van der Waals surface area contributed by atoms with E-state index in [4.69, 9.17) is 4.42 Å². The molecule has 0 aromatic carbocycles. The van der Waals surface area contributed by atoms with Gasteiger partial charge in [0.15, 0.2) is 15.6 Å². The molecule has 0 saturated heterocycles. The molecule has 0 atom stereocenters. The third-order valence-electron chi connectivity index (χ3n) is 1.83. The molecule has 0 unspecified atom stereocenters. The summed E-state index contributed by atoms with van der Waals surface area (Å²) < 4.78 is 26.8. The largest absolute Gasteiger partial charge is 0.469 e. The Morgan fingerprint density at radius 3 is 2.36 bits per heavy atom. The SMILES string of the molecule is Cc1coc(C)c1C(=O)CS(C)(=O)=O. The third-order valence-corrected chi connectivity index (χ3v) is 2.62. The summed E-state index contributed by atoms with van der Waals surface area (Å²) in [4.78, 5) is 11.5. The van der Waals surface area contributed by atoms with Crippen LogP contribution in [0.2, 0.25) is 0 Å². The molecule has 1 rings (SSSR count). The average Bonchev–Trinajstić information content (AvgIpc) is 2.27. The maximum Gasteiger partial charge on any atom is 0.181 e. The van der Waals surface area contributed by atoms with Gasteiger partial charge in [0.1, 0.15) is 11.5 Å². The normalized spacial score (nSPS) is 11.6. The van der Waals surface area contributed by atoms with Gasteiger partial charge in [-0.3, -0.25) is 4.79 Å². The molecule has 1 aromatic heterocycles. The average molecular weight is 216 g/mol. The fourth-order valence-electron chi connectivity index (χ4n) is 1.30. The zero-order chi connectivity index (χ0) is 10.9. The number of ketones is 1. The van der Waals surface area contributed by atoms with Crippen molar-refractivity contribution in [3.63, 3.8) is 0 Å². The lowest BCUT2D eigenvalue weighted by Gasteiger charge is -1.98. The van der Waals surface area contributed by atoms with Gasteiger partial charge in [-0.25, -0.2) is 8.42 Å². The van der Waals surface area contributed by atoms with Gasteiger partial charge >= 0.3 is 0 Å². The number of Topliss-reactive ketones (excluding diaryl/α,β-unsaturated/α-hetero) is 1. The van der Waals surface area contributed by atoms with Crippen LogP contribution in [0.1, 0.15) is 21.7 Å². The number of rotatable bonds is 3. The zero-order valence-electron chi connectivity index (χ0n) is 8.33. The second-order valence-electron chi connectivity index (χ2n) is 3.34. The maximum atomic E-state index is 11.5. The van der Waals surface area contributed by atoms with Gasteiger partial charge in [0, 0.05) is 6.26 Å². The lowest BCUT2D eigenvalue weighted by molar-refractivity contribution is 0.101. The molecule has 14 heavy (non-hydrogen) atoms. The van der Waals surface area contributed by atoms with Gasteiger partial charge in [-0.15, -0.1) is 0 Å². The van der Waals surface area contributed by atoms with Crippen LogP contribution in [0.15, 0.2) is 10.7 Å². The van der Waals surface area contributed by atoms with Gasteiger partial charge < -0.3 is 4.42 Å². The van der Waals surface area contributed by atoms with Crippen molar-refractivity contribution < 1.29 is 17.6 Å². The van der Waals surface area contributed by atoms with Crippen molar-refractivity contribution in [2.75, 3.05) is 12.0 Å². The summed E-state index contributed by atoms with van der Waals surface area (Å²) in [6.07, 6.45) is 2.49. The Morgan fingerprint density at radius 1 is 1.43 bits per heavy atom. The summed E-state index contributed by atoms with van der Waals surface area (Å²) in [7, 11) is -3.27. The Morgan fingerprint density at radius 2 is 2.00 bits per heavy atom. The van der Waals surface area contributed by atoms with E-state index in [9.17, 15) is 13.2 Å². The molecule has 0 N–H and O–H groups in total. The van der Waals surface area contributed by atoms with Gasteiger partial charge in [0.2, 0.25) is 0 Å². The van der Waals surface area contributed by atoms with Gasteiger partial charge in [-0.05, 0) is 19.4 Å². The molecular weight excluding hydrogens is 204 g/mol. The van der Waals surface area contributed by atoms with Crippen LogP contribution in [0.25, 0.3) is 0 Å². The molecular formula is C9H12O4S. The first-order chi connectivity index (χ1) is 6.31. The van der Waals surface area contributed by atoms with Crippen molar-refractivity contribution in [3.05, 3.63) is 23.2 Å². The topological polar surface area (TPSA) is 64.3 Å². The van der Waals surface area contributed by atoms with E-state index in [1.165, 1.54) is 6.26 Å². The quantitative estimate of drug-likeness (QED) is 0.710. The van der Waals surface area contributed by atoms with Crippen molar-refractivity contribution >= 4 is 15.6 Å². The molecule has 0 fully saturated rings. The molecule has 1 aromatic rings. The molecule has 0 bridgehead atoms. The van der Waals surface area contributed by atoms with Crippen LogP contribution in [-0.2, 0) is 9.84 Å². The van der Waals surface area contributed by atoms with Crippen LogP contribution < -0.4 is 0 Å². The highest BCUT2D eigenvalue weighted by Gasteiger charge is 2.19. The number of carbonyl (C=O) groups excluding carboxylic acids is 1. The molecule has 1 heterocycles. The Bertz CT molecular complexity index is 434. The molecule has 0 saturated carbocycles. The van der Waals surface area contributed by atoms with E-state index in [1.807, 2.05) is 0 Å². The van der Waals surface area contributed by atoms with E-state index in [2.05, 4.69) is 0 Å². The summed E-state index contributed by atoms with van der Waals surface area (Å²) in [5, 5.41) is 0. The molecule has 0 aliphatic carbocycles. The van der Waals surface area contributed by atoms with Gasteiger partial charge in [-0.2, -0.15) is 0 Å². The van der Waals surface area contributed by atoms with Crippen LogP contribution in [-0.4, -0.2) is 26.2 Å². The van der Waals surface area contributed by atoms with Crippen molar-refractivity contribution in [2.24, 2.45) is 0 Å². The molecule has 0 aliphatic rings. The monoisotopic (exact) mass is 216 g/mol. The number of hydrogen-bond acceptors (Lipinski definition) is 4. The van der Waals surface area contributed by atoms with Crippen molar-refractivity contribution in [1.82, 2.24) is 0 Å². The van der Waals surface area contributed by atoms with Gasteiger partial charge in [-0.1, -0.05) is 0 Å². The second-order valence-corrected chi connectivity index (χ2v) is 5.48. The molecule has 78 valence electrons. The summed E-state index contributed by atoms with van der Waals surface area (Å²) in [5.74, 6) is -0.402. The predicted molar refractivity (Wildman–Crippen MR) is 52.2 cm³/mol. The highest BCUT2D eigenvalue weighted by atomic mass is 32.2. The fourth-order valence-corrected chi connectivity index (χ4v) is 1.92. The number of carbonyl (C=O) groups is 1. The van der Waals surface area contributed by atoms with Crippen LogP contribution in [0.3, 0.4) is 0 Å². The predicted octanol–water partition coefficient (Wildman–Crippen LogP) is 1.12. The van der Waals surface area contributed by atoms with Gasteiger partial charge in [0.25, 0.3) is 0 Å². The van der Waals surface area contributed by atoms with Crippen molar-refractivity contribution in [3.8, 4) is 0 Å². The highest BCUT2D eigenvalue weighted by molar-refractivity contribution is 7.91. The fraction of sp³-hybridized carbons (Fsp3) is 0.444. The van der Waals surface area contributed by atoms with Crippen LogP contribution in [0.5, 0.6) is 0 Å². The minimum Gasteiger partial charge on any atom is -0.469 e. The molecule has 0 spiro atoms. The first-order valence-electron chi connectivity index (χ1n) is 4.07. The van der Waals surface area contributed by atoms with E-state index in [-0.39, 0.29) is 0 Å². The summed E-state index contributed by atoms with van der Waals surface area (Å²) in [6, 6.07) is 0. The van der Waals surface area contributed by atoms with E-state index >= 15 is 0 Å². The van der Waals surface area contributed by atoms with Crippen LogP contribution in [0.4, 0.5) is 0 Å². The summed E-state index contributed by atoms with van der Waals surface area (Å²) >= 11 is 0. The molecule has 0 amide bonds. The Kier molecular flexibility index (Phi) is 2.80. The molecule has 0 aliphatic heterocycles. The van der Waals surface area contributed by atoms with E-state index < -0.39 is 21.4 Å². The Labute approximate surface area is 82.8 Å². The Hall–Kier alpha value is -1.10. The summed E-state index contributed by atoms with van der Waals surface area (Å²) in [5.41, 5.74) is 1.06. The highest BCUT2D eigenvalue weighted by Crippen LogP contribution is 2.16. The van der Waals surface area contributed by atoms with Crippen molar-refractivity contribution in [1.29, 1.82) is 0 Å². The van der Waals surface area contributed by atoms with E-state index in [0.29, 0.717) is 16.9 Å². The maximum absolute atomic E-state index is 11.5. The molecule has 4 nitrogen and oxygen atoms in total. The first kappa shape index (κ1) is 11.0. The standard InChI is InChI=1S/C9H12O4S/c1-6-4-13-7(2)9(6)8(10)5-14(3,11)12/h4H,5H2,1-3H3. The minimum absolute atomic E-state index is 0.385. The Balaban J connectivity index is 3.02. The van der Waals surface area contributed by atoms with E-state index in [0.717, 1.165) is 6.26 Å². The molecule has 5 heteroatoms. The number of furan rings is 1. The van der Waals surface area contributed by atoms with Crippen LogP contribution >= 0.6 is 0 Å². The smallest absolute Gasteiger partial charge is 0.181 e. The molecule has 0 radical (unpaired) electrons. The minimum atomic E-state index is -3.27. The van der Waals surface area contributed by atoms with Crippen LogP contribution in [0, 0.1) is 13.8 Å². The lowest BCUT2D eigenvalue weighted by atomic mass is 10.1. The van der Waals surface area contributed by atoms with Gasteiger partial charge in [0.05, 0.1) is 11.8 Å².